The van der Waals surface area contributed by atoms with Gasteiger partial charge in [0.2, 0.25) is 0 Å². The molecule has 0 aliphatic carbocycles. The summed E-state index contributed by atoms with van der Waals surface area (Å²) in [5, 5.41) is 8.90. The summed E-state index contributed by atoms with van der Waals surface area (Å²) in [5.41, 5.74) is 2.40. The van der Waals surface area contributed by atoms with Crippen molar-refractivity contribution in [2.45, 2.75) is 18.9 Å². The van der Waals surface area contributed by atoms with Crippen LogP contribution in [0.1, 0.15) is 27.9 Å². The number of benzene rings is 2. The van der Waals surface area contributed by atoms with Gasteiger partial charge in [0.1, 0.15) is 0 Å². The Morgan fingerprint density at radius 2 is 1.92 bits per heavy atom. The van der Waals surface area contributed by atoms with Crippen LogP contribution >= 0.6 is 0 Å². The van der Waals surface area contributed by atoms with Gasteiger partial charge in [0.15, 0.2) is 0 Å². The van der Waals surface area contributed by atoms with Crippen molar-refractivity contribution in [3.8, 4) is 6.07 Å². The van der Waals surface area contributed by atoms with E-state index in [2.05, 4.69) is 18.2 Å². The minimum Gasteiger partial charge on any atom is -0.379 e. The average Bonchev–Trinajstić information content (AvgIpc) is 3.17. The Hall–Kier alpha value is -2.64. The number of nitrogens with zero attached hydrogens (tertiary/aromatic N) is 2. The van der Waals surface area contributed by atoms with Crippen molar-refractivity contribution in [2.24, 2.45) is 0 Å². The zero-order chi connectivity index (χ0) is 16.8. The highest BCUT2D eigenvalue weighted by Gasteiger charge is 2.27. The zero-order valence-corrected chi connectivity index (χ0v) is 13.5. The molecule has 2 aromatic carbocycles. The lowest BCUT2D eigenvalue weighted by molar-refractivity contribution is 0.0656. The lowest BCUT2D eigenvalue weighted by Crippen LogP contribution is -2.42. The van der Waals surface area contributed by atoms with E-state index in [1.54, 1.807) is 24.3 Å². The first kappa shape index (κ1) is 16.2. The Kier molecular flexibility index (Phi) is 5.25. The second kappa shape index (κ2) is 7.76. The molecule has 1 heterocycles. The van der Waals surface area contributed by atoms with Gasteiger partial charge in [-0.25, -0.2) is 0 Å². The van der Waals surface area contributed by atoms with Gasteiger partial charge in [-0.1, -0.05) is 30.3 Å². The van der Waals surface area contributed by atoms with Crippen molar-refractivity contribution in [3.05, 3.63) is 71.3 Å². The third-order valence-electron chi connectivity index (χ3n) is 4.35. The van der Waals surface area contributed by atoms with Crippen LogP contribution in [0.25, 0.3) is 0 Å². The minimum atomic E-state index is 0.00548. The van der Waals surface area contributed by atoms with Gasteiger partial charge in [-0.05, 0) is 42.7 Å². The van der Waals surface area contributed by atoms with E-state index in [1.807, 2.05) is 23.1 Å². The third kappa shape index (κ3) is 3.81. The van der Waals surface area contributed by atoms with Crippen LogP contribution in [0.4, 0.5) is 0 Å². The lowest BCUT2D eigenvalue weighted by Gasteiger charge is -2.28. The molecule has 4 nitrogen and oxygen atoms in total. The topological polar surface area (TPSA) is 53.3 Å². The molecule has 2 aromatic rings. The van der Waals surface area contributed by atoms with Crippen LogP contribution in [0.3, 0.4) is 0 Å². The number of hydrogen-bond acceptors (Lipinski definition) is 3. The molecule has 1 saturated heterocycles. The van der Waals surface area contributed by atoms with E-state index in [0.29, 0.717) is 30.9 Å². The monoisotopic (exact) mass is 320 g/mol. The van der Waals surface area contributed by atoms with Crippen LogP contribution in [0.2, 0.25) is 0 Å². The van der Waals surface area contributed by atoms with Crippen LogP contribution in [0.5, 0.6) is 0 Å². The molecule has 1 atom stereocenters. The Morgan fingerprint density at radius 1 is 1.17 bits per heavy atom. The summed E-state index contributed by atoms with van der Waals surface area (Å²) in [4.78, 5) is 14.9. The molecule has 0 spiro atoms. The predicted octanol–water partition coefficient (Wildman–Crippen LogP) is 3.03. The highest BCUT2D eigenvalue weighted by Crippen LogP contribution is 2.17. The first-order chi connectivity index (χ1) is 11.8. The van der Waals surface area contributed by atoms with Gasteiger partial charge in [-0.15, -0.1) is 0 Å². The molecule has 0 saturated carbocycles. The second-order valence-corrected chi connectivity index (χ2v) is 5.94. The fourth-order valence-corrected chi connectivity index (χ4v) is 2.97. The van der Waals surface area contributed by atoms with E-state index in [4.69, 9.17) is 10.00 Å². The zero-order valence-electron chi connectivity index (χ0n) is 13.5. The van der Waals surface area contributed by atoms with E-state index in [9.17, 15) is 4.79 Å². The number of hydrogen-bond donors (Lipinski definition) is 0. The molecule has 1 amide bonds. The molecule has 0 radical (unpaired) electrons. The van der Waals surface area contributed by atoms with Crippen LogP contribution in [0.15, 0.2) is 54.6 Å². The molecular weight excluding hydrogens is 300 g/mol. The van der Waals surface area contributed by atoms with Gasteiger partial charge >= 0.3 is 0 Å². The summed E-state index contributed by atoms with van der Waals surface area (Å²) >= 11 is 0. The first-order valence-electron chi connectivity index (χ1n) is 8.21. The van der Waals surface area contributed by atoms with Crippen LogP contribution in [0, 0.1) is 11.3 Å². The molecule has 1 aliphatic heterocycles. The summed E-state index contributed by atoms with van der Waals surface area (Å²) in [6, 6.07) is 19.2. The maximum absolute atomic E-state index is 12.9. The number of nitriles is 1. The highest BCUT2D eigenvalue weighted by molar-refractivity contribution is 5.94. The summed E-state index contributed by atoms with van der Waals surface area (Å²) in [6.45, 7) is 1.96. The SMILES string of the molecule is N#Cc1ccc(C(=O)N(CCc2ccccc2)C2CCOC2)cc1. The van der Waals surface area contributed by atoms with Crippen LogP contribution in [-0.4, -0.2) is 36.6 Å². The van der Waals surface area contributed by atoms with Gasteiger partial charge in [-0.2, -0.15) is 5.26 Å². The van der Waals surface area contributed by atoms with E-state index >= 15 is 0 Å². The van der Waals surface area contributed by atoms with Crippen molar-refractivity contribution < 1.29 is 9.53 Å². The maximum Gasteiger partial charge on any atom is 0.254 e. The fourth-order valence-electron chi connectivity index (χ4n) is 2.97. The van der Waals surface area contributed by atoms with Gasteiger partial charge in [0.05, 0.1) is 24.3 Å². The number of ether oxygens (including phenoxy) is 1. The van der Waals surface area contributed by atoms with Gasteiger partial charge < -0.3 is 9.64 Å². The molecule has 0 bridgehead atoms. The molecule has 0 N–H and O–H groups in total. The molecule has 1 fully saturated rings. The van der Waals surface area contributed by atoms with Crippen LogP contribution < -0.4 is 0 Å². The van der Waals surface area contributed by atoms with E-state index in [1.165, 1.54) is 5.56 Å². The van der Waals surface area contributed by atoms with Crippen molar-refractivity contribution in [3.63, 3.8) is 0 Å². The largest absolute Gasteiger partial charge is 0.379 e. The highest BCUT2D eigenvalue weighted by atomic mass is 16.5. The second-order valence-electron chi connectivity index (χ2n) is 5.94. The Morgan fingerprint density at radius 3 is 2.54 bits per heavy atom. The minimum absolute atomic E-state index is 0.00548. The third-order valence-corrected chi connectivity index (χ3v) is 4.35. The number of carbonyl (C=O) groups excluding carboxylic acids is 1. The molecule has 24 heavy (non-hydrogen) atoms. The summed E-state index contributed by atoms with van der Waals surface area (Å²) in [7, 11) is 0. The van der Waals surface area contributed by atoms with E-state index in [-0.39, 0.29) is 11.9 Å². The van der Waals surface area contributed by atoms with Crippen molar-refractivity contribution in [2.75, 3.05) is 19.8 Å². The molecule has 1 aliphatic rings. The Bertz CT molecular complexity index is 714. The smallest absolute Gasteiger partial charge is 0.254 e. The summed E-state index contributed by atoms with van der Waals surface area (Å²) in [5.74, 6) is 0.00548. The van der Waals surface area contributed by atoms with Crippen molar-refractivity contribution >= 4 is 5.91 Å². The molecule has 4 heteroatoms. The number of carbonyl (C=O) groups is 1. The van der Waals surface area contributed by atoms with Gasteiger partial charge in [0, 0.05) is 18.7 Å². The standard InChI is InChI=1S/C20H20N2O2/c21-14-17-6-8-18(9-7-17)20(23)22(19-11-13-24-15-19)12-10-16-4-2-1-3-5-16/h1-9,19H,10-13,15H2. The Balaban J connectivity index is 1.75. The summed E-state index contributed by atoms with van der Waals surface area (Å²) < 4.78 is 5.48. The lowest BCUT2D eigenvalue weighted by atomic mass is 10.1. The maximum atomic E-state index is 12.9. The van der Waals surface area contributed by atoms with E-state index < -0.39 is 0 Å². The fraction of sp³-hybridized carbons (Fsp3) is 0.300. The predicted molar refractivity (Wildman–Crippen MR) is 91.6 cm³/mol. The molecule has 0 aromatic heterocycles. The number of rotatable bonds is 5. The molecular formula is C20H20N2O2. The van der Waals surface area contributed by atoms with Gasteiger partial charge in [0.25, 0.3) is 5.91 Å². The van der Waals surface area contributed by atoms with E-state index in [0.717, 1.165) is 12.8 Å². The molecule has 1 unspecified atom stereocenters. The quantitative estimate of drug-likeness (QED) is 0.851. The average molecular weight is 320 g/mol. The van der Waals surface area contributed by atoms with Crippen molar-refractivity contribution in [1.29, 1.82) is 5.26 Å². The van der Waals surface area contributed by atoms with Gasteiger partial charge in [-0.3, -0.25) is 4.79 Å². The number of amides is 1. The molecule has 122 valence electrons. The van der Waals surface area contributed by atoms with Crippen LogP contribution in [-0.2, 0) is 11.2 Å². The molecule has 3 rings (SSSR count). The first-order valence-corrected chi connectivity index (χ1v) is 8.21. The van der Waals surface area contributed by atoms with Crippen molar-refractivity contribution in [1.82, 2.24) is 4.90 Å². The normalized spacial score (nSPS) is 16.5. The summed E-state index contributed by atoms with van der Waals surface area (Å²) in [6.07, 6.45) is 1.69. The Labute approximate surface area is 142 Å².